The van der Waals surface area contributed by atoms with Gasteiger partial charge in [-0.15, -0.1) is 0 Å². The second kappa shape index (κ2) is 11.5. The smallest absolute Gasteiger partial charge is 1.00 e. The van der Waals surface area contributed by atoms with Gasteiger partial charge in [0.15, 0.2) is 0 Å². The van der Waals surface area contributed by atoms with Gasteiger partial charge in [-0.1, -0.05) is 18.2 Å². The van der Waals surface area contributed by atoms with Crippen LogP contribution in [0.5, 0.6) is 0 Å². The first-order valence-corrected chi connectivity index (χ1v) is 7.83. The van der Waals surface area contributed by atoms with Gasteiger partial charge in [-0.25, -0.2) is 4.68 Å². The average molecular weight is 395 g/mol. The van der Waals surface area contributed by atoms with Crippen molar-refractivity contribution in [2.24, 2.45) is 7.05 Å². The zero-order chi connectivity index (χ0) is 15.8. The Morgan fingerprint density at radius 3 is 2.08 bits per heavy atom. The van der Waals surface area contributed by atoms with Crippen molar-refractivity contribution in [3.8, 4) is 5.69 Å². The Morgan fingerprint density at radius 1 is 1.16 bits per heavy atom. The van der Waals surface area contributed by atoms with Gasteiger partial charge in [-0.05, 0) is 19.1 Å². The molecule has 2 aromatic rings. The normalized spacial score (nSPS) is 9.76. The van der Waals surface area contributed by atoms with Crippen LogP contribution in [0.4, 0.5) is 5.69 Å². The Kier molecular flexibility index (Phi) is 13.7. The van der Waals surface area contributed by atoms with Crippen molar-refractivity contribution in [3.05, 3.63) is 46.4 Å². The molecule has 0 aliphatic carbocycles. The van der Waals surface area contributed by atoms with Crippen LogP contribution in [0.25, 0.3) is 5.69 Å². The van der Waals surface area contributed by atoms with E-state index in [4.69, 9.17) is 4.55 Å². The van der Waals surface area contributed by atoms with Gasteiger partial charge in [0.1, 0.15) is 11.6 Å². The molecule has 0 aliphatic rings. The molecular weight excluding hydrogens is 372 g/mol. The molecule has 0 bridgehead atoms. The maximum atomic E-state index is 12.6. The summed E-state index contributed by atoms with van der Waals surface area (Å²) in [6.07, 6.45) is 0. The van der Waals surface area contributed by atoms with E-state index in [-0.39, 0.29) is 84.2 Å². The summed E-state index contributed by atoms with van der Waals surface area (Å²) in [5.74, 6) is -0.637. The minimum atomic E-state index is -4.20. The van der Waals surface area contributed by atoms with E-state index >= 15 is 0 Å². The van der Waals surface area contributed by atoms with Crippen molar-refractivity contribution in [2.45, 2.75) is 6.92 Å². The molecule has 0 spiro atoms. The second-order valence-electron chi connectivity index (χ2n) is 4.82. The minimum Gasteiger partial charge on any atom is -1.00 e. The Morgan fingerprint density at radius 2 is 1.64 bits per heavy atom. The van der Waals surface area contributed by atoms with Crippen LogP contribution in [0, 0.1) is 6.92 Å². The number of anilines is 1. The third-order valence-corrected chi connectivity index (χ3v) is 3.98. The molecule has 0 aliphatic heterocycles. The monoisotopic (exact) mass is 395 g/mol. The Hall–Kier alpha value is -0.140. The van der Waals surface area contributed by atoms with E-state index in [1.165, 1.54) is 16.6 Å². The van der Waals surface area contributed by atoms with Gasteiger partial charge in [0.2, 0.25) is 0 Å². The Bertz CT molecular complexity index is 831. The molecule has 25 heavy (non-hydrogen) atoms. The van der Waals surface area contributed by atoms with Crippen molar-refractivity contribution >= 4 is 15.8 Å². The molecule has 1 aromatic carbocycles. The van der Waals surface area contributed by atoms with Crippen molar-refractivity contribution in [1.29, 1.82) is 0 Å². The van der Waals surface area contributed by atoms with E-state index in [0.29, 0.717) is 11.4 Å². The molecule has 1 heterocycles. The van der Waals surface area contributed by atoms with Gasteiger partial charge < -0.3 is 18.7 Å². The number of nitrogens with zero attached hydrogens (tertiary/aromatic N) is 3. The van der Waals surface area contributed by atoms with Crippen molar-refractivity contribution in [3.63, 3.8) is 0 Å². The second-order valence-corrected chi connectivity index (χ2v) is 6.24. The van der Waals surface area contributed by atoms with Crippen LogP contribution >= 0.6 is 0 Å². The van der Waals surface area contributed by atoms with Crippen molar-refractivity contribution in [2.75, 3.05) is 17.8 Å². The van der Waals surface area contributed by atoms with Crippen LogP contribution in [-0.2, 0) is 17.2 Å². The SMILES string of the molecule is Cc1c(N(C)CS(=O)(=O)O)c(=O)n(-c2ccccc2)n1C.O.O.[H-].[H-].[Na+].[Na+]. The van der Waals surface area contributed by atoms with Gasteiger partial charge in [-0.2, -0.15) is 8.42 Å². The summed E-state index contributed by atoms with van der Waals surface area (Å²) in [5.41, 5.74) is 1.18. The van der Waals surface area contributed by atoms with Crippen molar-refractivity contribution in [1.82, 2.24) is 9.36 Å². The van der Waals surface area contributed by atoms with Gasteiger partial charge in [0, 0.05) is 14.1 Å². The number of aromatic nitrogens is 2. The molecule has 0 fully saturated rings. The van der Waals surface area contributed by atoms with Crippen LogP contribution in [0.1, 0.15) is 8.55 Å². The molecule has 0 amide bonds. The van der Waals surface area contributed by atoms with Crippen LogP contribution < -0.4 is 69.6 Å². The Labute approximate surface area is 193 Å². The van der Waals surface area contributed by atoms with E-state index in [0.717, 1.165) is 0 Å². The molecule has 0 saturated heterocycles. The summed E-state index contributed by atoms with van der Waals surface area (Å²) in [4.78, 5) is 13.8. The topological polar surface area (TPSA) is 148 Å². The zero-order valence-electron chi connectivity index (χ0n) is 17.0. The number of benzene rings is 1. The molecule has 0 radical (unpaired) electrons. The van der Waals surface area contributed by atoms with E-state index < -0.39 is 16.0 Å². The fourth-order valence-electron chi connectivity index (χ4n) is 2.30. The van der Waals surface area contributed by atoms with Gasteiger partial charge in [0.05, 0.1) is 11.4 Å². The number of hydrogen-bond donors (Lipinski definition) is 1. The third kappa shape index (κ3) is 6.83. The molecule has 1 aromatic heterocycles. The number of para-hydroxylation sites is 1. The van der Waals surface area contributed by atoms with Crippen LogP contribution in [0.3, 0.4) is 0 Å². The van der Waals surface area contributed by atoms with Crippen LogP contribution in [-0.4, -0.2) is 46.2 Å². The van der Waals surface area contributed by atoms with Gasteiger partial charge in [0.25, 0.3) is 15.7 Å². The van der Waals surface area contributed by atoms with Crippen molar-refractivity contribution < 1.29 is 85.9 Å². The first kappa shape index (κ1) is 29.6. The largest absolute Gasteiger partial charge is 1.00 e. The summed E-state index contributed by atoms with van der Waals surface area (Å²) >= 11 is 0. The molecule has 134 valence electrons. The van der Waals surface area contributed by atoms with Gasteiger partial charge in [-0.3, -0.25) is 14.0 Å². The summed E-state index contributed by atoms with van der Waals surface area (Å²) in [6.45, 7) is 1.72. The molecule has 12 heteroatoms. The molecular formula is C13H23N3Na2O6S. The zero-order valence-corrected chi connectivity index (χ0v) is 19.8. The minimum absolute atomic E-state index is 0. The molecule has 9 nitrogen and oxygen atoms in total. The molecule has 2 rings (SSSR count). The summed E-state index contributed by atoms with van der Waals surface area (Å²) in [7, 11) is -1.04. The molecule has 0 saturated carbocycles. The molecule has 0 unspecified atom stereocenters. The van der Waals surface area contributed by atoms with Gasteiger partial charge >= 0.3 is 59.1 Å². The number of hydrogen-bond acceptors (Lipinski definition) is 4. The summed E-state index contributed by atoms with van der Waals surface area (Å²) < 4.78 is 34.0. The maximum Gasteiger partial charge on any atom is 1.00 e. The summed E-state index contributed by atoms with van der Waals surface area (Å²) in [5, 5.41) is 0. The number of rotatable bonds is 4. The standard InChI is InChI=1S/C13H17N3O4S.2Na.2H2O.2H/c1-10-12(14(2)9-21(18,19)20)13(17)16(15(10)3)11-7-5-4-6-8-11;;;;;;/h4-8H,9H2,1-3H3,(H,18,19,20);;;2*1H2;;/q;2*+1;;;2*-1. The molecule has 0 atom stereocenters. The molecule has 5 N–H and O–H groups in total. The van der Waals surface area contributed by atoms with E-state index in [2.05, 4.69) is 0 Å². The predicted octanol–water partition coefficient (Wildman–Crippen LogP) is -6.65. The van der Waals surface area contributed by atoms with E-state index in [9.17, 15) is 13.2 Å². The summed E-state index contributed by atoms with van der Waals surface area (Å²) in [6, 6.07) is 9.04. The predicted molar refractivity (Wildman–Crippen MR) is 90.0 cm³/mol. The van der Waals surface area contributed by atoms with Crippen LogP contribution in [0.2, 0.25) is 0 Å². The van der Waals surface area contributed by atoms with E-state index in [1.54, 1.807) is 30.8 Å². The third-order valence-electron chi connectivity index (χ3n) is 3.26. The average Bonchev–Trinajstić information content (AvgIpc) is 2.59. The fourth-order valence-corrected chi connectivity index (χ4v) is 2.92. The fraction of sp³-hybridized carbons (Fsp3) is 0.308. The first-order chi connectivity index (χ1) is 9.72. The first-order valence-electron chi connectivity index (χ1n) is 6.22. The maximum absolute atomic E-state index is 12.6. The Balaban J connectivity index is -0.000000269. The quantitative estimate of drug-likeness (QED) is 0.404. The van der Waals surface area contributed by atoms with E-state index in [1.807, 2.05) is 18.2 Å². The van der Waals surface area contributed by atoms with Crippen LogP contribution in [0.15, 0.2) is 35.1 Å².